The Morgan fingerprint density at radius 1 is 1.25 bits per heavy atom. The van der Waals surface area contributed by atoms with Crippen molar-refractivity contribution in [3.05, 3.63) is 58.2 Å². The van der Waals surface area contributed by atoms with Crippen molar-refractivity contribution in [2.24, 2.45) is 5.73 Å². The number of halogens is 2. The van der Waals surface area contributed by atoms with Gasteiger partial charge < -0.3 is 10.2 Å². The lowest BCUT2D eigenvalue weighted by Gasteiger charge is -2.09. The summed E-state index contributed by atoms with van der Waals surface area (Å²) in [6.07, 6.45) is 0.423. The van der Waals surface area contributed by atoms with E-state index in [9.17, 15) is 4.39 Å². The van der Waals surface area contributed by atoms with Crippen LogP contribution in [0.1, 0.15) is 17.4 Å². The lowest BCUT2D eigenvalue weighted by Crippen LogP contribution is -2.13. The third-order valence-corrected chi connectivity index (χ3v) is 2.78. The third-order valence-electron chi connectivity index (χ3n) is 2.36. The Balaban J connectivity index is 2.13. The van der Waals surface area contributed by atoms with Crippen LogP contribution in [-0.4, -0.2) is 0 Å². The van der Waals surface area contributed by atoms with Crippen LogP contribution in [0.15, 0.2) is 45.5 Å². The van der Waals surface area contributed by atoms with Crippen LogP contribution >= 0.6 is 15.9 Å². The highest BCUT2D eigenvalue weighted by Gasteiger charge is 2.13. The molecule has 0 amide bonds. The smallest absolute Gasteiger partial charge is 0.169 e. The molecule has 84 valence electrons. The molecule has 0 fully saturated rings. The van der Waals surface area contributed by atoms with Crippen LogP contribution in [0.25, 0.3) is 0 Å². The molecule has 2 aromatic rings. The van der Waals surface area contributed by atoms with E-state index in [0.717, 1.165) is 0 Å². The van der Waals surface area contributed by atoms with Gasteiger partial charge in [0.05, 0.1) is 6.04 Å². The second-order valence-electron chi connectivity index (χ2n) is 3.54. The third kappa shape index (κ3) is 2.51. The first-order valence-electron chi connectivity index (χ1n) is 4.91. The Morgan fingerprint density at radius 2 is 2.00 bits per heavy atom. The highest BCUT2D eigenvalue weighted by atomic mass is 79.9. The minimum absolute atomic E-state index is 0.233. The van der Waals surface area contributed by atoms with Crippen LogP contribution in [0.4, 0.5) is 4.39 Å². The van der Waals surface area contributed by atoms with Gasteiger partial charge in [0.2, 0.25) is 0 Å². The number of hydrogen-bond acceptors (Lipinski definition) is 2. The Morgan fingerprint density at radius 3 is 2.62 bits per heavy atom. The van der Waals surface area contributed by atoms with Crippen LogP contribution in [-0.2, 0) is 6.42 Å². The summed E-state index contributed by atoms with van der Waals surface area (Å²) in [4.78, 5) is 0. The molecule has 1 atom stereocenters. The molecule has 0 radical (unpaired) electrons. The van der Waals surface area contributed by atoms with Crippen LogP contribution in [0.3, 0.4) is 0 Å². The summed E-state index contributed by atoms with van der Waals surface area (Å²) < 4.78 is 19.3. The Kier molecular flexibility index (Phi) is 3.41. The standard InChI is InChI=1S/C12H11BrFNO/c13-12-6-5-11(16-12)10(15)7-8-3-1-2-4-9(8)14/h1-6,10H,7,15H2. The highest BCUT2D eigenvalue weighted by molar-refractivity contribution is 9.10. The van der Waals surface area contributed by atoms with Crippen LogP contribution in [0.5, 0.6) is 0 Å². The molecule has 2 rings (SSSR count). The van der Waals surface area contributed by atoms with Crippen molar-refractivity contribution in [1.82, 2.24) is 0 Å². The Labute approximate surface area is 101 Å². The van der Waals surface area contributed by atoms with Gasteiger partial charge in [0.15, 0.2) is 4.67 Å². The van der Waals surface area contributed by atoms with Gasteiger partial charge in [-0.2, -0.15) is 0 Å². The maximum atomic E-state index is 13.4. The largest absolute Gasteiger partial charge is 0.453 e. The van der Waals surface area contributed by atoms with Crippen molar-refractivity contribution in [1.29, 1.82) is 0 Å². The number of rotatable bonds is 3. The summed E-state index contributed by atoms with van der Waals surface area (Å²) in [6, 6.07) is 9.85. The summed E-state index contributed by atoms with van der Waals surface area (Å²) in [5, 5.41) is 0. The van der Waals surface area contributed by atoms with E-state index in [2.05, 4.69) is 15.9 Å². The van der Waals surface area contributed by atoms with Gasteiger partial charge in [-0.05, 0) is 46.1 Å². The maximum absolute atomic E-state index is 13.4. The molecule has 0 bridgehead atoms. The van der Waals surface area contributed by atoms with Gasteiger partial charge in [-0.25, -0.2) is 4.39 Å². The first-order chi connectivity index (χ1) is 7.66. The van der Waals surface area contributed by atoms with E-state index in [1.54, 1.807) is 30.3 Å². The number of nitrogens with two attached hydrogens (primary N) is 1. The van der Waals surface area contributed by atoms with Crippen molar-refractivity contribution in [3.8, 4) is 0 Å². The molecule has 0 saturated heterocycles. The molecule has 4 heteroatoms. The molecule has 16 heavy (non-hydrogen) atoms. The lowest BCUT2D eigenvalue weighted by atomic mass is 10.0. The van der Waals surface area contributed by atoms with E-state index in [0.29, 0.717) is 22.4 Å². The minimum Gasteiger partial charge on any atom is -0.453 e. The maximum Gasteiger partial charge on any atom is 0.169 e. The molecule has 1 unspecified atom stereocenters. The second kappa shape index (κ2) is 4.80. The average Bonchev–Trinajstić information content (AvgIpc) is 2.68. The summed E-state index contributed by atoms with van der Waals surface area (Å²) in [6.45, 7) is 0. The molecule has 1 aromatic carbocycles. The van der Waals surface area contributed by atoms with Crippen molar-refractivity contribution in [3.63, 3.8) is 0 Å². The van der Waals surface area contributed by atoms with E-state index in [4.69, 9.17) is 10.2 Å². The van der Waals surface area contributed by atoms with Gasteiger partial charge in [0.1, 0.15) is 11.6 Å². The molecule has 2 N–H and O–H groups in total. The summed E-state index contributed by atoms with van der Waals surface area (Å²) in [7, 11) is 0. The molecule has 2 nitrogen and oxygen atoms in total. The van der Waals surface area contributed by atoms with Crippen molar-refractivity contribution in [2.45, 2.75) is 12.5 Å². The molecule has 0 spiro atoms. The zero-order valence-electron chi connectivity index (χ0n) is 8.49. The molecular weight excluding hydrogens is 273 g/mol. The average molecular weight is 284 g/mol. The zero-order valence-corrected chi connectivity index (χ0v) is 10.1. The first-order valence-corrected chi connectivity index (χ1v) is 5.70. The fourth-order valence-electron chi connectivity index (χ4n) is 1.53. The molecule has 1 aromatic heterocycles. The van der Waals surface area contributed by atoms with Crippen LogP contribution < -0.4 is 5.73 Å². The summed E-state index contributed by atoms with van der Waals surface area (Å²) in [5.41, 5.74) is 6.53. The van der Waals surface area contributed by atoms with Gasteiger partial charge in [-0.1, -0.05) is 18.2 Å². The van der Waals surface area contributed by atoms with Gasteiger partial charge in [0, 0.05) is 0 Å². The monoisotopic (exact) mass is 283 g/mol. The SMILES string of the molecule is NC(Cc1ccccc1F)c1ccc(Br)o1. The second-order valence-corrected chi connectivity index (χ2v) is 4.33. The Bertz CT molecular complexity index is 483. The molecule has 1 heterocycles. The van der Waals surface area contributed by atoms with Crippen molar-refractivity contribution < 1.29 is 8.81 Å². The summed E-state index contributed by atoms with van der Waals surface area (Å²) in [5.74, 6) is 0.415. The topological polar surface area (TPSA) is 39.2 Å². The van der Waals surface area contributed by atoms with Crippen LogP contribution in [0, 0.1) is 5.82 Å². The molecule has 0 aliphatic heterocycles. The van der Waals surface area contributed by atoms with Gasteiger partial charge in [0.25, 0.3) is 0 Å². The number of furan rings is 1. The molecule has 0 aliphatic rings. The Hall–Kier alpha value is -1.13. The van der Waals surface area contributed by atoms with Crippen molar-refractivity contribution >= 4 is 15.9 Å². The van der Waals surface area contributed by atoms with E-state index in [-0.39, 0.29) is 11.9 Å². The quantitative estimate of drug-likeness (QED) is 0.938. The van der Waals surface area contributed by atoms with E-state index in [1.807, 2.05) is 0 Å². The zero-order chi connectivity index (χ0) is 11.5. The van der Waals surface area contributed by atoms with Gasteiger partial charge >= 0.3 is 0 Å². The predicted octanol–water partition coefficient (Wildman–Crippen LogP) is 3.42. The number of benzene rings is 1. The molecule has 0 saturated carbocycles. The van der Waals surface area contributed by atoms with Gasteiger partial charge in [-0.15, -0.1) is 0 Å². The lowest BCUT2D eigenvalue weighted by molar-refractivity contribution is 0.444. The van der Waals surface area contributed by atoms with Crippen LogP contribution in [0.2, 0.25) is 0 Å². The number of hydrogen-bond donors (Lipinski definition) is 1. The normalized spacial score (nSPS) is 12.7. The molecular formula is C12H11BrFNO. The fraction of sp³-hybridized carbons (Fsp3) is 0.167. The van der Waals surface area contributed by atoms with Crippen molar-refractivity contribution in [2.75, 3.05) is 0 Å². The van der Waals surface area contributed by atoms with E-state index < -0.39 is 0 Å². The minimum atomic E-state index is -0.330. The van der Waals surface area contributed by atoms with Gasteiger partial charge in [-0.3, -0.25) is 0 Å². The summed E-state index contributed by atoms with van der Waals surface area (Å²) >= 11 is 3.20. The van der Waals surface area contributed by atoms with E-state index in [1.165, 1.54) is 6.07 Å². The highest BCUT2D eigenvalue weighted by Crippen LogP contribution is 2.22. The van der Waals surface area contributed by atoms with E-state index >= 15 is 0 Å². The first kappa shape index (κ1) is 11.4. The predicted molar refractivity (Wildman–Crippen MR) is 63.4 cm³/mol. The molecule has 0 aliphatic carbocycles. The fourth-order valence-corrected chi connectivity index (χ4v) is 1.85.